The zero-order chi connectivity index (χ0) is 14.3. The van der Waals surface area contributed by atoms with Crippen molar-refractivity contribution in [1.82, 2.24) is 0 Å². The number of rotatable bonds is 5. The Morgan fingerprint density at radius 3 is 2.58 bits per heavy atom. The van der Waals surface area contributed by atoms with Gasteiger partial charge in [-0.3, -0.25) is 4.79 Å². The molecule has 1 aromatic rings. The summed E-state index contributed by atoms with van der Waals surface area (Å²) in [5.74, 6) is -0.246. The molecular weight excluding hydrogens is 248 g/mol. The molecule has 0 aromatic heterocycles. The number of hydrogen-bond acceptors (Lipinski definition) is 5. The zero-order valence-corrected chi connectivity index (χ0v) is 10.7. The number of methoxy groups -OCH3 is 1. The maximum absolute atomic E-state index is 11.1. The van der Waals surface area contributed by atoms with Crippen molar-refractivity contribution in [2.24, 2.45) is 0 Å². The van der Waals surface area contributed by atoms with Gasteiger partial charge in [-0.05, 0) is 23.8 Å². The highest BCUT2D eigenvalue weighted by atomic mass is 16.6. The third-order valence-corrected chi connectivity index (χ3v) is 2.05. The Hall–Kier alpha value is -2.56. The highest BCUT2D eigenvalue weighted by Gasteiger charge is 2.07. The molecule has 0 radical (unpaired) electrons. The van der Waals surface area contributed by atoms with Crippen molar-refractivity contribution >= 4 is 18.0 Å². The molecule has 1 rings (SSSR count). The zero-order valence-electron chi connectivity index (χ0n) is 10.7. The SMILES string of the molecule is C=COC(=O)/C=C/c1ccc(OC(C)=O)c(OC)c1. The van der Waals surface area contributed by atoms with Gasteiger partial charge >= 0.3 is 11.9 Å². The lowest BCUT2D eigenvalue weighted by Crippen LogP contribution is -2.03. The molecule has 0 aliphatic heterocycles. The van der Waals surface area contributed by atoms with Crippen LogP contribution >= 0.6 is 0 Å². The van der Waals surface area contributed by atoms with Crippen LogP contribution in [-0.4, -0.2) is 19.0 Å². The van der Waals surface area contributed by atoms with Gasteiger partial charge in [0.25, 0.3) is 0 Å². The minimum absolute atomic E-state index is 0.320. The van der Waals surface area contributed by atoms with E-state index in [1.165, 1.54) is 20.1 Å². The van der Waals surface area contributed by atoms with Crippen LogP contribution in [0.3, 0.4) is 0 Å². The summed E-state index contributed by atoms with van der Waals surface area (Å²) in [5, 5.41) is 0. The number of hydrogen-bond donors (Lipinski definition) is 0. The molecule has 0 aliphatic carbocycles. The summed E-state index contributed by atoms with van der Waals surface area (Å²) in [6.07, 6.45) is 3.85. The molecule has 0 saturated heterocycles. The molecule has 0 bridgehead atoms. The van der Waals surface area contributed by atoms with Gasteiger partial charge in [-0.2, -0.15) is 0 Å². The topological polar surface area (TPSA) is 61.8 Å². The molecule has 0 fully saturated rings. The molecular formula is C14H14O5. The molecule has 0 saturated carbocycles. The minimum atomic E-state index is -0.530. The van der Waals surface area contributed by atoms with E-state index in [-0.39, 0.29) is 0 Å². The summed E-state index contributed by atoms with van der Waals surface area (Å²) in [7, 11) is 1.46. The van der Waals surface area contributed by atoms with Crippen LogP contribution in [0.25, 0.3) is 6.08 Å². The van der Waals surface area contributed by atoms with E-state index in [4.69, 9.17) is 9.47 Å². The molecule has 0 amide bonds. The quantitative estimate of drug-likeness (QED) is 0.353. The lowest BCUT2D eigenvalue weighted by molar-refractivity contribution is -0.133. The normalized spacial score (nSPS) is 10.0. The average Bonchev–Trinajstić information content (AvgIpc) is 2.37. The van der Waals surface area contributed by atoms with Crippen LogP contribution in [0.4, 0.5) is 0 Å². The fourth-order valence-corrected chi connectivity index (χ4v) is 1.31. The van der Waals surface area contributed by atoms with Gasteiger partial charge in [-0.15, -0.1) is 0 Å². The standard InChI is InChI=1S/C14H14O5/c1-4-18-14(16)8-6-11-5-7-12(19-10(2)15)13(9-11)17-3/h4-9H,1H2,2-3H3/b8-6+. The van der Waals surface area contributed by atoms with Crippen molar-refractivity contribution < 1.29 is 23.8 Å². The fourth-order valence-electron chi connectivity index (χ4n) is 1.31. The van der Waals surface area contributed by atoms with Gasteiger partial charge in [-0.1, -0.05) is 12.6 Å². The Labute approximate surface area is 111 Å². The van der Waals surface area contributed by atoms with E-state index < -0.39 is 11.9 Å². The molecule has 0 aliphatic rings. The molecule has 0 spiro atoms. The van der Waals surface area contributed by atoms with Crippen LogP contribution in [0.1, 0.15) is 12.5 Å². The van der Waals surface area contributed by atoms with E-state index in [2.05, 4.69) is 11.3 Å². The minimum Gasteiger partial charge on any atom is -0.493 e. The van der Waals surface area contributed by atoms with Crippen LogP contribution in [0, 0.1) is 0 Å². The lowest BCUT2D eigenvalue weighted by atomic mass is 10.2. The first-order chi connectivity index (χ1) is 9.06. The van der Waals surface area contributed by atoms with E-state index >= 15 is 0 Å². The van der Waals surface area contributed by atoms with Crippen molar-refractivity contribution in [3.8, 4) is 11.5 Å². The number of benzene rings is 1. The third kappa shape index (κ3) is 4.67. The summed E-state index contributed by atoms with van der Waals surface area (Å²) in [6, 6.07) is 4.90. The lowest BCUT2D eigenvalue weighted by Gasteiger charge is -2.08. The van der Waals surface area contributed by atoms with Crippen molar-refractivity contribution in [3.63, 3.8) is 0 Å². The Morgan fingerprint density at radius 2 is 2.00 bits per heavy atom. The number of ether oxygens (including phenoxy) is 3. The molecule has 100 valence electrons. The van der Waals surface area contributed by atoms with Gasteiger partial charge in [0.15, 0.2) is 11.5 Å². The van der Waals surface area contributed by atoms with Gasteiger partial charge < -0.3 is 14.2 Å². The summed E-state index contributed by atoms with van der Waals surface area (Å²) in [5.41, 5.74) is 0.703. The first kappa shape index (κ1) is 14.5. The molecule has 0 unspecified atom stereocenters. The maximum Gasteiger partial charge on any atom is 0.335 e. The van der Waals surface area contributed by atoms with Crippen LogP contribution in [-0.2, 0) is 14.3 Å². The molecule has 5 heteroatoms. The smallest absolute Gasteiger partial charge is 0.335 e. The molecule has 19 heavy (non-hydrogen) atoms. The molecule has 0 heterocycles. The van der Waals surface area contributed by atoms with Crippen LogP contribution in [0.15, 0.2) is 37.1 Å². The predicted octanol–water partition coefficient (Wildman–Crippen LogP) is 2.32. The van der Waals surface area contributed by atoms with E-state index in [1.54, 1.807) is 24.3 Å². The van der Waals surface area contributed by atoms with Crippen LogP contribution in [0.2, 0.25) is 0 Å². The molecule has 1 aromatic carbocycles. The Bertz CT molecular complexity index is 517. The fraction of sp³-hybridized carbons (Fsp3) is 0.143. The Morgan fingerprint density at radius 1 is 1.26 bits per heavy atom. The molecule has 0 N–H and O–H groups in total. The number of carbonyl (C=O) groups is 2. The van der Waals surface area contributed by atoms with Crippen LogP contribution in [0.5, 0.6) is 11.5 Å². The van der Waals surface area contributed by atoms with Crippen molar-refractivity contribution in [2.75, 3.05) is 7.11 Å². The monoisotopic (exact) mass is 262 g/mol. The van der Waals surface area contributed by atoms with Gasteiger partial charge in [0.2, 0.25) is 0 Å². The third-order valence-electron chi connectivity index (χ3n) is 2.05. The second-order valence-corrected chi connectivity index (χ2v) is 3.44. The first-order valence-corrected chi connectivity index (χ1v) is 5.43. The van der Waals surface area contributed by atoms with E-state index in [1.807, 2.05) is 0 Å². The van der Waals surface area contributed by atoms with Gasteiger partial charge in [-0.25, -0.2) is 4.79 Å². The van der Waals surface area contributed by atoms with Crippen molar-refractivity contribution in [3.05, 3.63) is 42.7 Å². The Kier molecular flexibility index (Phi) is 5.35. The molecule has 0 atom stereocenters. The number of esters is 2. The highest BCUT2D eigenvalue weighted by molar-refractivity contribution is 5.87. The number of carbonyl (C=O) groups excluding carboxylic acids is 2. The van der Waals surface area contributed by atoms with Gasteiger partial charge in [0, 0.05) is 13.0 Å². The molecule has 5 nitrogen and oxygen atoms in total. The van der Waals surface area contributed by atoms with Gasteiger partial charge in [0.05, 0.1) is 13.4 Å². The van der Waals surface area contributed by atoms with E-state index in [9.17, 15) is 9.59 Å². The largest absolute Gasteiger partial charge is 0.493 e. The summed E-state index contributed by atoms with van der Waals surface area (Å²) in [6.45, 7) is 4.58. The van der Waals surface area contributed by atoms with E-state index in [0.29, 0.717) is 17.1 Å². The second kappa shape index (κ2) is 7.00. The summed E-state index contributed by atoms with van der Waals surface area (Å²) >= 11 is 0. The van der Waals surface area contributed by atoms with Gasteiger partial charge in [0.1, 0.15) is 0 Å². The summed E-state index contributed by atoms with van der Waals surface area (Å²) in [4.78, 5) is 22.0. The second-order valence-electron chi connectivity index (χ2n) is 3.44. The van der Waals surface area contributed by atoms with Crippen molar-refractivity contribution in [1.29, 1.82) is 0 Å². The first-order valence-electron chi connectivity index (χ1n) is 5.43. The highest BCUT2D eigenvalue weighted by Crippen LogP contribution is 2.28. The van der Waals surface area contributed by atoms with Crippen molar-refractivity contribution in [2.45, 2.75) is 6.92 Å². The van der Waals surface area contributed by atoms with E-state index in [0.717, 1.165) is 6.26 Å². The average molecular weight is 262 g/mol. The predicted molar refractivity (Wildman–Crippen MR) is 69.6 cm³/mol. The maximum atomic E-state index is 11.1. The summed E-state index contributed by atoms with van der Waals surface area (Å²) < 4.78 is 14.6. The Balaban J connectivity index is 2.90. The van der Waals surface area contributed by atoms with Crippen LogP contribution < -0.4 is 9.47 Å².